The number of hydrogen-bond donors (Lipinski definition) is 1. The van der Waals surface area contributed by atoms with Crippen molar-refractivity contribution in [2.24, 2.45) is 0 Å². The Morgan fingerprint density at radius 2 is 2.00 bits per heavy atom. The highest BCUT2D eigenvalue weighted by atomic mass is 32.1. The standard InChI is InChI=1S/C28H34O6S/c1-5-6-7-10-13-21-15-16-22(35-21)17-20(3)27(31)26-23(29)18-24(34-28(26)32)19(2)12-9-8-11-14-25(30)33-4/h5,8,11,15-19,29H,1,6-7,9-10,12-14H2,2-4H3/b11-8+,20-17?. The van der Waals surface area contributed by atoms with Gasteiger partial charge in [-0.2, -0.15) is 0 Å². The first-order chi connectivity index (χ1) is 16.8. The Bertz CT molecular complexity index is 1130. The fraction of sp³-hybridized carbons (Fsp3) is 0.393. The van der Waals surface area contributed by atoms with Crippen LogP contribution >= 0.6 is 11.3 Å². The molecule has 2 aromatic heterocycles. The molecule has 1 N–H and O–H groups in total. The third kappa shape index (κ3) is 8.83. The summed E-state index contributed by atoms with van der Waals surface area (Å²) >= 11 is 1.61. The molecular formula is C28H34O6S. The first kappa shape index (κ1) is 28.1. The van der Waals surface area contributed by atoms with Crippen molar-refractivity contribution in [3.63, 3.8) is 0 Å². The van der Waals surface area contributed by atoms with Crippen molar-refractivity contribution in [2.75, 3.05) is 7.11 Å². The Balaban J connectivity index is 2.05. The Kier molecular flexibility index (Phi) is 11.4. The third-order valence-electron chi connectivity index (χ3n) is 5.59. The molecule has 0 fully saturated rings. The van der Waals surface area contributed by atoms with Gasteiger partial charge in [-0.25, -0.2) is 4.79 Å². The molecule has 0 saturated carbocycles. The highest BCUT2D eigenvalue weighted by Crippen LogP contribution is 2.27. The normalized spacial score (nSPS) is 12.6. The van der Waals surface area contributed by atoms with Crippen molar-refractivity contribution in [2.45, 2.75) is 64.7 Å². The van der Waals surface area contributed by atoms with E-state index in [1.165, 1.54) is 18.1 Å². The first-order valence-electron chi connectivity index (χ1n) is 11.8. The minimum absolute atomic E-state index is 0.159. The highest BCUT2D eigenvalue weighted by molar-refractivity contribution is 7.12. The molecule has 2 rings (SSSR count). The van der Waals surface area contributed by atoms with Crippen LogP contribution in [0.4, 0.5) is 0 Å². The largest absolute Gasteiger partial charge is 0.507 e. The lowest BCUT2D eigenvalue weighted by Gasteiger charge is -2.11. The van der Waals surface area contributed by atoms with Crippen LogP contribution < -0.4 is 5.63 Å². The zero-order valence-electron chi connectivity index (χ0n) is 20.7. The van der Waals surface area contributed by atoms with Crippen molar-refractivity contribution in [3.05, 3.63) is 80.1 Å². The zero-order valence-corrected chi connectivity index (χ0v) is 21.5. The predicted molar refractivity (Wildman–Crippen MR) is 140 cm³/mol. The van der Waals surface area contributed by atoms with Crippen LogP contribution in [0.15, 0.2) is 57.8 Å². The summed E-state index contributed by atoms with van der Waals surface area (Å²) in [5, 5.41) is 10.5. The number of ketones is 1. The average Bonchev–Trinajstić information content (AvgIpc) is 3.27. The number of methoxy groups -OCH3 is 1. The highest BCUT2D eigenvalue weighted by Gasteiger charge is 2.22. The smallest absolute Gasteiger partial charge is 0.351 e. The molecule has 1 atom stereocenters. The van der Waals surface area contributed by atoms with Gasteiger partial charge in [0, 0.05) is 21.7 Å². The Hall–Kier alpha value is -3.19. The second-order valence-electron chi connectivity index (χ2n) is 8.42. The van der Waals surface area contributed by atoms with Gasteiger partial charge < -0.3 is 14.3 Å². The van der Waals surface area contributed by atoms with E-state index in [0.29, 0.717) is 24.2 Å². The quantitative estimate of drug-likeness (QED) is 0.104. The van der Waals surface area contributed by atoms with Gasteiger partial charge in [-0.1, -0.05) is 25.2 Å². The van der Waals surface area contributed by atoms with Crippen LogP contribution in [0.1, 0.15) is 84.2 Å². The fourth-order valence-electron chi connectivity index (χ4n) is 3.49. The van der Waals surface area contributed by atoms with Crippen LogP contribution in [-0.4, -0.2) is 24.0 Å². The Morgan fingerprint density at radius 1 is 1.23 bits per heavy atom. The molecule has 35 heavy (non-hydrogen) atoms. The number of thiophene rings is 1. The van der Waals surface area contributed by atoms with Gasteiger partial charge in [-0.05, 0) is 69.2 Å². The molecule has 0 bridgehead atoms. The summed E-state index contributed by atoms with van der Waals surface area (Å²) in [6, 6.07) is 5.35. The van der Waals surface area contributed by atoms with Crippen molar-refractivity contribution in [1.29, 1.82) is 0 Å². The minimum Gasteiger partial charge on any atom is -0.507 e. The molecule has 188 valence electrons. The molecule has 6 nitrogen and oxygen atoms in total. The number of aryl methyl sites for hydroxylation is 1. The minimum atomic E-state index is -0.847. The van der Waals surface area contributed by atoms with E-state index in [9.17, 15) is 19.5 Å². The topological polar surface area (TPSA) is 93.8 Å². The van der Waals surface area contributed by atoms with E-state index < -0.39 is 11.4 Å². The molecule has 2 heterocycles. The zero-order chi connectivity index (χ0) is 25.8. The van der Waals surface area contributed by atoms with Crippen molar-refractivity contribution < 1.29 is 23.8 Å². The molecule has 1 unspecified atom stereocenters. The van der Waals surface area contributed by atoms with Crippen LogP contribution in [-0.2, 0) is 16.0 Å². The molecule has 0 aliphatic heterocycles. The van der Waals surface area contributed by atoms with E-state index >= 15 is 0 Å². The number of ether oxygens (including phenoxy) is 1. The summed E-state index contributed by atoms with van der Waals surface area (Å²) in [5.74, 6) is -1.09. The SMILES string of the molecule is C=CCCCCc1ccc(C=C(C)C(=O)c2c(O)cc(C(C)CC/C=C/CC(=O)OC)oc2=O)s1. The number of esters is 1. The molecule has 2 aromatic rings. The lowest BCUT2D eigenvalue weighted by Crippen LogP contribution is -2.16. The van der Waals surface area contributed by atoms with Gasteiger partial charge in [0.15, 0.2) is 5.78 Å². The number of carbonyl (C=O) groups excluding carboxylic acids is 2. The Labute approximate surface area is 210 Å². The van der Waals surface area contributed by atoms with Crippen LogP contribution in [0.25, 0.3) is 6.08 Å². The predicted octanol–water partition coefficient (Wildman–Crippen LogP) is 6.59. The second-order valence-corrected chi connectivity index (χ2v) is 9.62. The van der Waals surface area contributed by atoms with Gasteiger partial charge in [0.1, 0.15) is 17.1 Å². The van der Waals surface area contributed by atoms with Crippen LogP contribution in [0.5, 0.6) is 5.75 Å². The number of allylic oxidation sites excluding steroid dienone is 3. The van der Waals surface area contributed by atoms with Crippen LogP contribution in [0.3, 0.4) is 0 Å². The maximum atomic E-state index is 12.9. The van der Waals surface area contributed by atoms with Crippen molar-refractivity contribution in [3.8, 4) is 5.75 Å². The lowest BCUT2D eigenvalue weighted by atomic mass is 9.99. The summed E-state index contributed by atoms with van der Waals surface area (Å²) in [7, 11) is 1.34. The molecule has 0 aromatic carbocycles. The summed E-state index contributed by atoms with van der Waals surface area (Å²) < 4.78 is 9.96. The molecule has 0 saturated heterocycles. The number of rotatable bonds is 14. The summed E-state index contributed by atoms with van der Waals surface area (Å²) in [5.41, 5.74) is -0.849. The fourth-order valence-corrected chi connectivity index (χ4v) is 4.55. The van der Waals surface area contributed by atoms with E-state index in [4.69, 9.17) is 4.42 Å². The van der Waals surface area contributed by atoms with Gasteiger partial charge in [-0.3, -0.25) is 9.59 Å². The molecule has 0 spiro atoms. The van der Waals surface area contributed by atoms with Crippen LogP contribution in [0, 0.1) is 0 Å². The molecule has 0 amide bonds. The van der Waals surface area contributed by atoms with Gasteiger partial charge in [0.25, 0.3) is 0 Å². The van der Waals surface area contributed by atoms with Gasteiger partial charge >= 0.3 is 11.6 Å². The average molecular weight is 499 g/mol. The third-order valence-corrected chi connectivity index (χ3v) is 6.68. The number of hydrogen-bond acceptors (Lipinski definition) is 7. The molecule has 7 heteroatoms. The lowest BCUT2D eigenvalue weighted by molar-refractivity contribution is -0.139. The second kappa shape index (κ2) is 14.3. The van der Waals surface area contributed by atoms with Gasteiger partial charge in [0.05, 0.1) is 13.5 Å². The number of aromatic hydroxyl groups is 1. The number of Topliss-reactive ketones (excluding diaryl/α,β-unsaturated/α-hetero) is 1. The molecule has 0 radical (unpaired) electrons. The van der Waals surface area contributed by atoms with Crippen molar-refractivity contribution >= 4 is 29.2 Å². The van der Waals surface area contributed by atoms with Crippen molar-refractivity contribution in [1.82, 2.24) is 0 Å². The number of unbranched alkanes of at least 4 members (excludes halogenated alkanes) is 2. The van der Waals surface area contributed by atoms with E-state index in [1.54, 1.807) is 30.4 Å². The summed E-state index contributed by atoms with van der Waals surface area (Å²) in [4.78, 5) is 38.8. The van der Waals surface area contributed by atoms with E-state index in [-0.39, 0.29) is 29.6 Å². The maximum Gasteiger partial charge on any atom is 0.351 e. The molecule has 0 aliphatic rings. The summed E-state index contributed by atoms with van der Waals surface area (Å²) in [6.07, 6.45) is 12.9. The van der Waals surface area contributed by atoms with Gasteiger partial charge in [-0.15, -0.1) is 17.9 Å². The monoisotopic (exact) mass is 498 g/mol. The van der Waals surface area contributed by atoms with Gasteiger partial charge in [0.2, 0.25) is 0 Å². The maximum absolute atomic E-state index is 12.9. The van der Waals surface area contributed by atoms with Crippen LogP contribution in [0.2, 0.25) is 0 Å². The molecule has 0 aliphatic carbocycles. The van der Waals surface area contributed by atoms with E-state index in [2.05, 4.69) is 17.4 Å². The van der Waals surface area contributed by atoms with E-state index in [1.807, 2.05) is 25.1 Å². The van der Waals surface area contributed by atoms with E-state index in [0.717, 1.165) is 30.6 Å². The first-order valence-corrected chi connectivity index (χ1v) is 12.6. The Morgan fingerprint density at radius 3 is 2.69 bits per heavy atom. The summed E-state index contributed by atoms with van der Waals surface area (Å²) in [6.45, 7) is 7.23. The molecular weight excluding hydrogens is 464 g/mol. The number of carbonyl (C=O) groups is 2.